The SMILES string of the molecule is CCCCC/C=C\C/C=C\C/C=C\C/C=C\CC[CH]CCCCCCCCCCCCCCCCCCC. The van der Waals surface area contributed by atoms with E-state index in [1.54, 1.807) is 0 Å². The van der Waals surface area contributed by atoms with Gasteiger partial charge in [-0.25, -0.2) is 0 Å². The smallest absolute Gasteiger partial charge is 0.0169 e. The van der Waals surface area contributed by atoms with Crippen molar-refractivity contribution >= 4 is 0 Å². The number of allylic oxidation sites excluding steroid dienone is 8. The van der Waals surface area contributed by atoms with Gasteiger partial charge in [-0.1, -0.05) is 191 Å². The standard InChI is InChI=1S/C38H69/c1-3-5-7-9-11-13-15-17-19-21-23-25-27-29-31-33-35-37-38-36-34-32-30-28-26-24-22-20-18-16-14-12-10-8-6-4-2/h11,13,17,19,23,25,29,31,37H,3-10,12,14-16,18,20-22,24,26-28,30,32-36,38H2,1-2H3/b13-11-,19-17-,25-23-,31-29-. The Hall–Kier alpha value is -1.04. The molecule has 0 fully saturated rings. The second-order valence-electron chi connectivity index (χ2n) is 11.4. The van der Waals surface area contributed by atoms with E-state index >= 15 is 0 Å². The van der Waals surface area contributed by atoms with Gasteiger partial charge >= 0.3 is 0 Å². The molecule has 0 aliphatic rings. The summed E-state index contributed by atoms with van der Waals surface area (Å²) < 4.78 is 0. The van der Waals surface area contributed by atoms with Crippen LogP contribution >= 0.6 is 0 Å². The highest BCUT2D eigenvalue weighted by molar-refractivity contribution is 4.99. The summed E-state index contributed by atoms with van der Waals surface area (Å²) in [6.45, 7) is 4.56. The van der Waals surface area contributed by atoms with Gasteiger partial charge in [-0.15, -0.1) is 0 Å². The molecule has 0 nitrogen and oxygen atoms in total. The Kier molecular flexibility index (Phi) is 35.0. The number of unbranched alkanes of at least 4 members (excludes halogenated alkanes) is 23. The zero-order valence-electron chi connectivity index (χ0n) is 26.3. The number of hydrogen-bond donors (Lipinski definition) is 0. The van der Waals surface area contributed by atoms with Crippen LogP contribution in [0.15, 0.2) is 48.6 Å². The molecule has 0 heterocycles. The molecule has 0 unspecified atom stereocenters. The molecule has 38 heavy (non-hydrogen) atoms. The Balaban J connectivity index is 3.20. The molecule has 0 saturated carbocycles. The van der Waals surface area contributed by atoms with Crippen LogP contribution in [0.1, 0.15) is 187 Å². The summed E-state index contributed by atoms with van der Waals surface area (Å²) in [5.74, 6) is 0. The maximum atomic E-state index is 2.51. The Morgan fingerprint density at radius 2 is 0.579 bits per heavy atom. The van der Waals surface area contributed by atoms with E-state index < -0.39 is 0 Å². The van der Waals surface area contributed by atoms with Gasteiger partial charge < -0.3 is 0 Å². The first-order valence-electron chi connectivity index (χ1n) is 17.3. The summed E-state index contributed by atoms with van der Waals surface area (Å²) in [6, 6.07) is 0. The minimum atomic E-state index is 1.06. The lowest BCUT2D eigenvalue weighted by atomic mass is 10.0. The molecule has 0 aromatic rings. The van der Waals surface area contributed by atoms with Gasteiger partial charge in [0, 0.05) is 0 Å². The summed E-state index contributed by atoms with van der Waals surface area (Å²) in [5, 5.41) is 0. The Morgan fingerprint density at radius 1 is 0.263 bits per heavy atom. The third-order valence-electron chi connectivity index (χ3n) is 7.51. The van der Waals surface area contributed by atoms with Gasteiger partial charge in [0.15, 0.2) is 0 Å². The first kappa shape index (κ1) is 37.0. The highest BCUT2D eigenvalue weighted by Crippen LogP contribution is 2.15. The van der Waals surface area contributed by atoms with Crippen molar-refractivity contribution in [2.45, 2.75) is 187 Å². The lowest BCUT2D eigenvalue weighted by molar-refractivity contribution is 0.526. The lowest BCUT2D eigenvalue weighted by Crippen LogP contribution is -1.84. The van der Waals surface area contributed by atoms with Crippen molar-refractivity contribution in [3.8, 4) is 0 Å². The molecule has 0 aromatic carbocycles. The predicted molar refractivity (Wildman–Crippen MR) is 177 cm³/mol. The monoisotopic (exact) mass is 526 g/mol. The third kappa shape index (κ3) is 35.0. The largest absolute Gasteiger partial charge is 0.0882 e. The van der Waals surface area contributed by atoms with E-state index in [-0.39, 0.29) is 0 Å². The van der Waals surface area contributed by atoms with Gasteiger partial charge in [0.1, 0.15) is 0 Å². The van der Waals surface area contributed by atoms with E-state index in [4.69, 9.17) is 0 Å². The topological polar surface area (TPSA) is 0 Å². The number of rotatable bonds is 31. The zero-order chi connectivity index (χ0) is 27.5. The van der Waals surface area contributed by atoms with Crippen LogP contribution in [0.25, 0.3) is 0 Å². The summed E-state index contributed by atoms with van der Waals surface area (Å²) in [7, 11) is 0. The molecule has 0 amide bonds. The molecule has 0 bridgehead atoms. The maximum Gasteiger partial charge on any atom is -0.0169 e. The Bertz CT molecular complexity index is 520. The van der Waals surface area contributed by atoms with Gasteiger partial charge in [0.25, 0.3) is 0 Å². The lowest BCUT2D eigenvalue weighted by Gasteiger charge is -2.04. The van der Waals surface area contributed by atoms with Crippen molar-refractivity contribution < 1.29 is 0 Å². The summed E-state index contributed by atoms with van der Waals surface area (Å²) in [6.07, 6.45) is 57.9. The van der Waals surface area contributed by atoms with Gasteiger partial charge in [0.05, 0.1) is 0 Å². The minimum Gasteiger partial charge on any atom is -0.0882 e. The minimum absolute atomic E-state index is 1.06. The highest BCUT2D eigenvalue weighted by Gasteiger charge is 1.95. The van der Waals surface area contributed by atoms with E-state index in [1.165, 1.54) is 154 Å². The summed E-state index contributed by atoms with van der Waals surface area (Å²) >= 11 is 0. The molecule has 0 saturated heterocycles. The molecule has 0 spiro atoms. The van der Waals surface area contributed by atoms with E-state index in [1.807, 2.05) is 0 Å². The van der Waals surface area contributed by atoms with Gasteiger partial charge in [-0.05, 0) is 51.4 Å². The first-order valence-corrected chi connectivity index (χ1v) is 17.3. The fraction of sp³-hybridized carbons (Fsp3) is 0.763. The van der Waals surface area contributed by atoms with Crippen molar-refractivity contribution in [1.29, 1.82) is 0 Å². The van der Waals surface area contributed by atoms with Crippen LogP contribution in [0, 0.1) is 6.42 Å². The van der Waals surface area contributed by atoms with Crippen molar-refractivity contribution in [3.05, 3.63) is 55.0 Å². The van der Waals surface area contributed by atoms with Crippen molar-refractivity contribution in [1.82, 2.24) is 0 Å². The molecule has 0 heteroatoms. The molecular formula is C38H69. The molecule has 221 valence electrons. The van der Waals surface area contributed by atoms with Gasteiger partial charge in [-0.2, -0.15) is 0 Å². The molecule has 0 aliphatic carbocycles. The predicted octanol–water partition coefficient (Wildman–Crippen LogP) is 14.0. The van der Waals surface area contributed by atoms with Crippen LogP contribution in [0.4, 0.5) is 0 Å². The van der Waals surface area contributed by atoms with Crippen molar-refractivity contribution in [3.63, 3.8) is 0 Å². The molecule has 0 aromatic heterocycles. The maximum absolute atomic E-state index is 2.51. The molecule has 0 aliphatic heterocycles. The second kappa shape index (κ2) is 36.0. The van der Waals surface area contributed by atoms with Crippen LogP contribution in [-0.2, 0) is 0 Å². The van der Waals surface area contributed by atoms with Crippen LogP contribution in [-0.4, -0.2) is 0 Å². The van der Waals surface area contributed by atoms with Gasteiger partial charge in [-0.3, -0.25) is 0 Å². The van der Waals surface area contributed by atoms with E-state index in [9.17, 15) is 0 Å². The third-order valence-corrected chi connectivity index (χ3v) is 7.51. The summed E-state index contributed by atoms with van der Waals surface area (Å²) in [4.78, 5) is 0. The molecule has 1 radical (unpaired) electrons. The zero-order valence-corrected chi connectivity index (χ0v) is 26.3. The normalized spacial score (nSPS) is 12.4. The van der Waals surface area contributed by atoms with Crippen LogP contribution in [0.3, 0.4) is 0 Å². The highest BCUT2D eigenvalue weighted by atomic mass is 14.0. The van der Waals surface area contributed by atoms with Crippen molar-refractivity contribution in [2.75, 3.05) is 0 Å². The molecule has 0 rings (SSSR count). The molecular weight excluding hydrogens is 456 g/mol. The van der Waals surface area contributed by atoms with Crippen LogP contribution in [0.2, 0.25) is 0 Å². The average molecular weight is 526 g/mol. The first-order chi connectivity index (χ1) is 18.9. The second-order valence-corrected chi connectivity index (χ2v) is 11.4. The molecule has 0 atom stereocenters. The van der Waals surface area contributed by atoms with E-state index in [0.29, 0.717) is 0 Å². The molecule has 0 N–H and O–H groups in total. The number of hydrogen-bond acceptors (Lipinski definition) is 0. The Labute approximate surface area is 241 Å². The quantitative estimate of drug-likeness (QED) is 0.0623. The Morgan fingerprint density at radius 3 is 1.03 bits per heavy atom. The van der Waals surface area contributed by atoms with E-state index in [2.05, 4.69) is 68.9 Å². The average Bonchev–Trinajstić information content (AvgIpc) is 2.93. The van der Waals surface area contributed by atoms with Crippen molar-refractivity contribution in [2.24, 2.45) is 0 Å². The van der Waals surface area contributed by atoms with Crippen LogP contribution in [0.5, 0.6) is 0 Å². The summed E-state index contributed by atoms with van der Waals surface area (Å²) in [5.41, 5.74) is 0. The van der Waals surface area contributed by atoms with Gasteiger partial charge in [0.2, 0.25) is 0 Å². The fourth-order valence-corrected chi connectivity index (χ4v) is 4.93. The van der Waals surface area contributed by atoms with E-state index in [0.717, 1.165) is 19.3 Å². The van der Waals surface area contributed by atoms with Crippen LogP contribution < -0.4 is 0 Å². The fourth-order valence-electron chi connectivity index (χ4n) is 4.93.